The van der Waals surface area contributed by atoms with Crippen molar-refractivity contribution in [2.75, 3.05) is 13.1 Å². The van der Waals surface area contributed by atoms with E-state index in [0.29, 0.717) is 13.1 Å². The lowest BCUT2D eigenvalue weighted by molar-refractivity contribution is -0.139. The van der Waals surface area contributed by atoms with Gasteiger partial charge < -0.3 is 10.0 Å². The number of aliphatic carboxylic acids is 1. The molecule has 1 aliphatic rings. The topological polar surface area (TPSA) is 70.5 Å². The molecule has 0 saturated carbocycles. The van der Waals surface area contributed by atoms with Crippen LogP contribution in [0.1, 0.15) is 16.8 Å². The summed E-state index contributed by atoms with van der Waals surface area (Å²) in [7, 11) is 0. The molecule has 0 bridgehead atoms. The Morgan fingerprint density at radius 3 is 2.61 bits per heavy atom. The van der Waals surface area contributed by atoms with E-state index in [-0.39, 0.29) is 34.1 Å². The van der Waals surface area contributed by atoms with Gasteiger partial charge in [-0.2, -0.15) is 0 Å². The molecule has 1 fully saturated rings. The first kappa shape index (κ1) is 13.1. The number of aromatic nitrogens is 1. The summed E-state index contributed by atoms with van der Waals surface area (Å²) in [5, 5.41) is 8.91. The summed E-state index contributed by atoms with van der Waals surface area (Å²) in [6, 6.07) is 3.01. The number of hydrogen-bond donors (Lipinski definition) is 1. The van der Waals surface area contributed by atoms with E-state index >= 15 is 0 Å². The van der Waals surface area contributed by atoms with Crippen LogP contribution in [0.2, 0.25) is 10.3 Å². The highest BCUT2D eigenvalue weighted by molar-refractivity contribution is 6.34. The molecule has 1 saturated heterocycles. The lowest BCUT2D eigenvalue weighted by Gasteiger charge is -2.38. The average molecular weight is 289 g/mol. The van der Waals surface area contributed by atoms with E-state index in [4.69, 9.17) is 28.3 Å². The number of carboxylic acid groups (broad SMARTS) is 1. The summed E-state index contributed by atoms with van der Waals surface area (Å²) in [4.78, 5) is 27.8. The summed E-state index contributed by atoms with van der Waals surface area (Å²) in [6.45, 7) is 0.869. The van der Waals surface area contributed by atoms with E-state index in [1.807, 2.05) is 0 Å². The molecule has 0 aromatic carbocycles. The molecule has 5 nitrogen and oxygen atoms in total. The predicted molar refractivity (Wildman–Crippen MR) is 65.9 cm³/mol. The number of carboxylic acids is 1. The lowest BCUT2D eigenvalue weighted by Crippen LogP contribution is -2.50. The van der Waals surface area contributed by atoms with Crippen molar-refractivity contribution in [2.24, 2.45) is 5.92 Å². The second kappa shape index (κ2) is 5.12. The molecule has 1 aliphatic heterocycles. The Bertz CT molecular complexity index is 501. The van der Waals surface area contributed by atoms with Crippen LogP contribution < -0.4 is 0 Å². The summed E-state index contributed by atoms with van der Waals surface area (Å²) in [6.07, 6.45) is 0.0797. The minimum atomic E-state index is -0.849. The van der Waals surface area contributed by atoms with Crippen LogP contribution in [0.5, 0.6) is 0 Å². The molecule has 1 aromatic heterocycles. The second-order valence-electron chi connectivity index (χ2n) is 4.15. The Morgan fingerprint density at radius 1 is 1.39 bits per heavy atom. The fourth-order valence-corrected chi connectivity index (χ4v) is 2.28. The van der Waals surface area contributed by atoms with Crippen molar-refractivity contribution in [1.82, 2.24) is 9.88 Å². The first-order valence-corrected chi connectivity index (χ1v) is 6.06. The molecule has 2 heterocycles. The minimum Gasteiger partial charge on any atom is -0.481 e. The van der Waals surface area contributed by atoms with Gasteiger partial charge in [0.2, 0.25) is 0 Å². The SMILES string of the molecule is O=C(O)CC1CN(C(=O)c2ccc(Cl)nc2Cl)C1. The lowest BCUT2D eigenvalue weighted by atomic mass is 9.95. The molecule has 7 heteroatoms. The third-order valence-corrected chi connectivity index (χ3v) is 3.25. The predicted octanol–water partition coefficient (Wildman–Crippen LogP) is 1.94. The fourth-order valence-electron chi connectivity index (χ4n) is 1.85. The van der Waals surface area contributed by atoms with Gasteiger partial charge >= 0.3 is 5.97 Å². The zero-order valence-corrected chi connectivity index (χ0v) is 10.8. The highest BCUT2D eigenvalue weighted by atomic mass is 35.5. The quantitative estimate of drug-likeness (QED) is 0.863. The molecule has 1 aromatic rings. The van der Waals surface area contributed by atoms with Gasteiger partial charge in [0, 0.05) is 19.0 Å². The summed E-state index contributed by atoms with van der Waals surface area (Å²) < 4.78 is 0. The van der Waals surface area contributed by atoms with Gasteiger partial charge in [0.05, 0.1) is 12.0 Å². The maximum atomic E-state index is 12.0. The van der Waals surface area contributed by atoms with Crippen molar-refractivity contribution in [3.05, 3.63) is 28.0 Å². The molecule has 0 radical (unpaired) electrons. The number of halogens is 2. The van der Waals surface area contributed by atoms with Gasteiger partial charge in [-0.05, 0) is 12.1 Å². The van der Waals surface area contributed by atoms with Gasteiger partial charge in [-0.3, -0.25) is 9.59 Å². The van der Waals surface area contributed by atoms with Crippen molar-refractivity contribution >= 4 is 35.1 Å². The van der Waals surface area contributed by atoms with Crippen molar-refractivity contribution in [3.63, 3.8) is 0 Å². The molecule has 0 aliphatic carbocycles. The molecule has 1 N–H and O–H groups in total. The zero-order valence-electron chi connectivity index (χ0n) is 9.27. The zero-order chi connectivity index (χ0) is 13.3. The van der Waals surface area contributed by atoms with E-state index in [1.54, 1.807) is 4.90 Å². The monoisotopic (exact) mass is 288 g/mol. The number of amides is 1. The third kappa shape index (κ3) is 2.73. The molecule has 2 rings (SSSR count). The van der Waals surface area contributed by atoms with E-state index in [0.717, 1.165) is 0 Å². The first-order valence-electron chi connectivity index (χ1n) is 5.30. The smallest absolute Gasteiger partial charge is 0.303 e. The number of carbonyl (C=O) groups is 2. The first-order chi connectivity index (χ1) is 8.47. The van der Waals surface area contributed by atoms with Crippen molar-refractivity contribution in [2.45, 2.75) is 6.42 Å². The van der Waals surface area contributed by atoms with E-state index in [2.05, 4.69) is 4.98 Å². The summed E-state index contributed by atoms with van der Waals surface area (Å²) >= 11 is 11.5. The number of likely N-dealkylation sites (tertiary alicyclic amines) is 1. The maximum Gasteiger partial charge on any atom is 0.303 e. The minimum absolute atomic E-state index is 0.0190. The van der Waals surface area contributed by atoms with Gasteiger partial charge in [0.1, 0.15) is 10.3 Å². The Labute approximate surface area is 113 Å². The second-order valence-corrected chi connectivity index (χ2v) is 4.89. The highest BCUT2D eigenvalue weighted by Gasteiger charge is 2.33. The molecule has 96 valence electrons. The molecule has 0 atom stereocenters. The van der Waals surface area contributed by atoms with Gasteiger partial charge in [-0.1, -0.05) is 23.2 Å². The molecule has 18 heavy (non-hydrogen) atoms. The van der Waals surface area contributed by atoms with Crippen molar-refractivity contribution in [1.29, 1.82) is 0 Å². The fraction of sp³-hybridized carbons (Fsp3) is 0.364. The van der Waals surface area contributed by atoms with E-state index in [9.17, 15) is 9.59 Å². The number of carbonyl (C=O) groups excluding carboxylic acids is 1. The standard InChI is InChI=1S/C11H10Cl2N2O3/c12-8-2-1-7(10(13)14-8)11(18)15-4-6(5-15)3-9(16)17/h1-2,6H,3-5H2,(H,16,17). The maximum absolute atomic E-state index is 12.0. The van der Waals surface area contributed by atoms with Crippen LogP contribution >= 0.6 is 23.2 Å². The van der Waals surface area contributed by atoms with Gasteiger partial charge in [-0.25, -0.2) is 4.98 Å². The normalized spacial score (nSPS) is 15.3. The Balaban J connectivity index is 1.99. The van der Waals surface area contributed by atoms with E-state index in [1.165, 1.54) is 12.1 Å². The Kier molecular flexibility index (Phi) is 3.73. The van der Waals surface area contributed by atoms with Crippen LogP contribution in [0.25, 0.3) is 0 Å². The van der Waals surface area contributed by atoms with Crippen LogP contribution in [0, 0.1) is 5.92 Å². The van der Waals surface area contributed by atoms with Crippen molar-refractivity contribution < 1.29 is 14.7 Å². The third-order valence-electron chi connectivity index (χ3n) is 2.75. The van der Waals surface area contributed by atoms with Crippen molar-refractivity contribution in [3.8, 4) is 0 Å². The number of pyridine rings is 1. The van der Waals surface area contributed by atoms with Crippen LogP contribution in [0.4, 0.5) is 0 Å². The largest absolute Gasteiger partial charge is 0.481 e. The van der Waals surface area contributed by atoms with Gasteiger partial charge in [0.15, 0.2) is 0 Å². The molecular formula is C11H10Cl2N2O3. The molecule has 0 spiro atoms. The summed E-state index contributed by atoms with van der Waals surface area (Å²) in [5.74, 6) is -1.07. The van der Waals surface area contributed by atoms with Gasteiger partial charge in [-0.15, -0.1) is 0 Å². The number of rotatable bonds is 3. The Morgan fingerprint density at radius 2 is 2.06 bits per heavy atom. The van der Waals surface area contributed by atoms with Crippen LogP contribution in [-0.2, 0) is 4.79 Å². The average Bonchev–Trinajstić information content (AvgIpc) is 2.21. The van der Waals surface area contributed by atoms with Crippen LogP contribution in [0.3, 0.4) is 0 Å². The highest BCUT2D eigenvalue weighted by Crippen LogP contribution is 2.24. The van der Waals surface area contributed by atoms with E-state index < -0.39 is 5.97 Å². The molecular weight excluding hydrogens is 279 g/mol. The molecule has 0 unspecified atom stereocenters. The van der Waals surface area contributed by atoms with Crippen LogP contribution in [0.15, 0.2) is 12.1 Å². The van der Waals surface area contributed by atoms with Gasteiger partial charge in [0.25, 0.3) is 5.91 Å². The Hall–Kier alpha value is -1.33. The number of hydrogen-bond acceptors (Lipinski definition) is 3. The van der Waals surface area contributed by atoms with Crippen LogP contribution in [-0.4, -0.2) is 40.0 Å². The molecule has 1 amide bonds. The summed E-state index contributed by atoms with van der Waals surface area (Å²) in [5.41, 5.74) is 0.287. The number of nitrogens with zero attached hydrogens (tertiary/aromatic N) is 2.